The van der Waals surface area contributed by atoms with Crippen LogP contribution in [0.3, 0.4) is 0 Å². The molecule has 102 valence electrons. The number of aliphatic hydroxyl groups is 1. The van der Waals surface area contributed by atoms with Gasteiger partial charge in [0.15, 0.2) is 5.58 Å². The van der Waals surface area contributed by atoms with Crippen LogP contribution < -0.4 is 4.74 Å². The van der Waals surface area contributed by atoms with Crippen LogP contribution in [0.5, 0.6) is 5.75 Å². The van der Waals surface area contributed by atoms with Crippen molar-refractivity contribution in [3.8, 4) is 17.2 Å². The number of fused-ring (bicyclic) bond motifs is 1. The molecule has 3 rings (SSSR count). The van der Waals surface area contributed by atoms with Gasteiger partial charge in [-0.2, -0.15) is 0 Å². The second-order valence-corrected chi connectivity index (χ2v) is 4.44. The molecule has 0 bridgehead atoms. The molecule has 1 heterocycles. The average Bonchev–Trinajstić information content (AvgIpc) is 2.90. The Bertz CT molecular complexity index is 733. The monoisotopic (exact) mass is 269 g/mol. The molecule has 0 unspecified atom stereocenters. The summed E-state index contributed by atoms with van der Waals surface area (Å²) in [6, 6.07) is 13.1. The quantitative estimate of drug-likeness (QED) is 0.788. The third-order valence-electron chi connectivity index (χ3n) is 3.03. The van der Waals surface area contributed by atoms with Gasteiger partial charge >= 0.3 is 0 Å². The van der Waals surface area contributed by atoms with Gasteiger partial charge in [0, 0.05) is 5.56 Å². The SMILES string of the molecule is CCOc1cccc(-c2nc3ccc(CO)cc3o2)c1. The highest BCUT2D eigenvalue weighted by Crippen LogP contribution is 2.27. The zero-order chi connectivity index (χ0) is 13.9. The lowest BCUT2D eigenvalue weighted by Crippen LogP contribution is -1.91. The van der Waals surface area contributed by atoms with Crippen molar-refractivity contribution in [1.82, 2.24) is 4.98 Å². The molecule has 0 radical (unpaired) electrons. The highest BCUT2D eigenvalue weighted by atomic mass is 16.5. The summed E-state index contributed by atoms with van der Waals surface area (Å²) in [5, 5.41) is 9.14. The average molecular weight is 269 g/mol. The molecular formula is C16H15NO3. The molecule has 0 atom stereocenters. The molecule has 0 aliphatic heterocycles. The van der Waals surface area contributed by atoms with Gasteiger partial charge < -0.3 is 14.3 Å². The molecule has 4 nitrogen and oxygen atoms in total. The van der Waals surface area contributed by atoms with Crippen LogP contribution in [-0.2, 0) is 6.61 Å². The Kier molecular flexibility index (Phi) is 3.39. The summed E-state index contributed by atoms with van der Waals surface area (Å²) in [4.78, 5) is 4.46. The number of hydrogen-bond donors (Lipinski definition) is 1. The lowest BCUT2D eigenvalue weighted by atomic mass is 10.2. The number of benzene rings is 2. The van der Waals surface area contributed by atoms with Gasteiger partial charge in [0.1, 0.15) is 11.3 Å². The van der Waals surface area contributed by atoms with Crippen LogP contribution in [0.1, 0.15) is 12.5 Å². The lowest BCUT2D eigenvalue weighted by molar-refractivity contribution is 0.282. The number of nitrogens with zero attached hydrogens (tertiary/aromatic N) is 1. The van der Waals surface area contributed by atoms with E-state index in [2.05, 4.69) is 4.98 Å². The minimum atomic E-state index is -0.00814. The first kappa shape index (κ1) is 12.7. The highest BCUT2D eigenvalue weighted by Gasteiger charge is 2.09. The first-order valence-electron chi connectivity index (χ1n) is 6.53. The molecule has 1 aromatic heterocycles. The van der Waals surface area contributed by atoms with Crippen molar-refractivity contribution in [2.24, 2.45) is 0 Å². The maximum atomic E-state index is 9.14. The maximum Gasteiger partial charge on any atom is 0.227 e. The number of aromatic nitrogens is 1. The fourth-order valence-electron chi connectivity index (χ4n) is 2.08. The molecule has 0 saturated heterocycles. The normalized spacial score (nSPS) is 10.9. The summed E-state index contributed by atoms with van der Waals surface area (Å²) in [6.07, 6.45) is 0. The van der Waals surface area contributed by atoms with Gasteiger partial charge in [-0.1, -0.05) is 12.1 Å². The Morgan fingerprint density at radius 2 is 2.10 bits per heavy atom. The van der Waals surface area contributed by atoms with E-state index in [1.807, 2.05) is 43.3 Å². The Morgan fingerprint density at radius 3 is 2.90 bits per heavy atom. The van der Waals surface area contributed by atoms with Gasteiger partial charge in [-0.3, -0.25) is 0 Å². The maximum absolute atomic E-state index is 9.14. The van der Waals surface area contributed by atoms with Crippen molar-refractivity contribution < 1.29 is 14.3 Å². The third-order valence-corrected chi connectivity index (χ3v) is 3.03. The summed E-state index contributed by atoms with van der Waals surface area (Å²) < 4.78 is 11.2. The van der Waals surface area contributed by atoms with E-state index in [1.165, 1.54) is 0 Å². The Hall–Kier alpha value is -2.33. The van der Waals surface area contributed by atoms with Crippen molar-refractivity contribution in [1.29, 1.82) is 0 Å². The first-order chi connectivity index (χ1) is 9.80. The van der Waals surface area contributed by atoms with Gasteiger partial charge in [0.25, 0.3) is 0 Å². The summed E-state index contributed by atoms with van der Waals surface area (Å²) >= 11 is 0. The molecule has 2 aromatic carbocycles. The van der Waals surface area contributed by atoms with Gasteiger partial charge in [0.2, 0.25) is 5.89 Å². The van der Waals surface area contributed by atoms with Gasteiger partial charge in [-0.15, -0.1) is 0 Å². The molecule has 0 saturated carbocycles. The molecule has 0 aliphatic rings. The van der Waals surface area contributed by atoms with Crippen molar-refractivity contribution in [2.75, 3.05) is 6.61 Å². The predicted molar refractivity (Wildman–Crippen MR) is 76.5 cm³/mol. The minimum Gasteiger partial charge on any atom is -0.494 e. The number of aliphatic hydroxyl groups excluding tert-OH is 1. The van der Waals surface area contributed by atoms with Crippen LogP contribution in [0.15, 0.2) is 46.9 Å². The topological polar surface area (TPSA) is 55.5 Å². The second-order valence-electron chi connectivity index (χ2n) is 4.44. The molecule has 20 heavy (non-hydrogen) atoms. The molecule has 0 spiro atoms. The molecule has 0 aliphatic carbocycles. The summed E-state index contributed by atoms with van der Waals surface area (Å²) in [5.41, 5.74) is 3.13. The van der Waals surface area contributed by atoms with Crippen LogP contribution in [0.25, 0.3) is 22.6 Å². The minimum absolute atomic E-state index is 0.00814. The van der Waals surface area contributed by atoms with Gasteiger partial charge in [-0.25, -0.2) is 4.98 Å². The molecule has 0 fully saturated rings. The third kappa shape index (κ3) is 2.38. The summed E-state index contributed by atoms with van der Waals surface area (Å²) in [5.74, 6) is 1.35. The first-order valence-corrected chi connectivity index (χ1v) is 6.53. The van der Waals surface area contributed by atoms with Crippen molar-refractivity contribution in [3.05, 3.63) is 48.0 Å². The Morgan fingerprint density at radius 1 is 1.20 bits per heavy atom. The van der Waals surface area contributed by atoms with Crippen LogP contribution in [0, 0.1) is 0 Å². The van der Waals surface area contributed by atoms with Crippen molar-refractivity contribution in [2.45, 2.75) is 13.5 Å². The van der Waals surface area contributed by atoms with E-state index in [-0.39, 0.29) is 6.61 Å². The molecule has 3 aromatic rings. The Labute approximate surface area is 116 Å². The van der Waals surface area contributed by atoms with E-state index in [9.17, 15) is 0 Å². The summed E-state index contributed by atoms with van der Waals surface area (Å²) in [7, 11) is 0. The van der Waals surface area contributed by atoms with E-state index in [1.54, 1.807) is 6.07 Å². The highest BCUT2D eigenvalue weighted by molar-refractivity contribution is 5.77. The van der Waals surface area contributed by atoms with E-state index in [0.29, 0.717) is 18.1 Å². The van der Waals surface area contributed by atoms with Crippen LogP contribution >= 0.6 is 0 Å². The second kappa shape index (κ2) is 5.35. The number of ether oxygens (including phenoxy) is 1. The fourth-order valence-corrected chi connectivity index (χ4v) is 2.08. The van der Waals surface area contributed by atoms with Crippen molar-refractivity contribution in [3.63, 3.8) is 0 Å². The lowest BCUT2D eigenvalue weighted by Gasteiger charge is -2.03. The van der Waals surface area contributed by atoms with Crippen LogP contribution in [-0.4, -0.2) is 16.7 Å². The molecular weight excluding hydrogens is 254 g/mol. The predicted octanol–water partition coefficient (Wildman–Crippen LogP) is 3.39. The molecule has 0 amide bonds. The number of oxazole rings is 1. The Balaban J connectivity index is 2.03. The molecule has 4 heteroatoms. The van der Waals surface area contributed by atoms with E-state index in [4.69, 9.17) is 14.3 Å². The largest absolute Gasteiger partial charge is 0.494 e. The van der Waals surface area contributed by atoms with E-state index in [0.717, 1.165) is 22.4 Å². The number of rotatable bonds is 4. The van der Waals surface area contributed by atoms with E-state index >= 15 is 0 Å². The van der Waals surface area contributed by atoms with Gasteiger partial charge in [0.05, 0.1) is 13.2 Å². The standard InChI is InChI=1S/C16H15NO3/c1-2-19-13-5-3-4-12(9-13)16-17-14-7-6-11(10-18)8-15(14)20-16/h3-9,18H,2,10H2,1H3. The number of hydrogen-bond acceptors (Lipinski definition) is 4. The molecule has 1 N–H and O–H groups in total. The van der Waals surface area contributed by atoms with Crippen molar-refractivity contribution >= 4 is 11.1 Å². The summed E-state index contributed by atoms with van der Waals surface area (Å²) in [6.45, 7) is 2.56. The zero-order valence-corrected chi connectivity index (χ0v) is 11.2. The fraction of sp³-hybridized carbons (Fsp3) is 0.188. The van der Waals surface area contributed by atoms with E-state index < -0.39 is 0 Å². The van der Waals surface area contributed by atoms with Crippen LogP contribution in [0.4, 0.5) is 0 Å². The van der Waals surface area contributed by atoms with Gasteiger partial charge in [-0.05, 0) is 42.8 Å². The van der Waals surface area contributed by atoms with Crippen LogP contribution in [0.2, 0.25) is 0 Å². The zero-order valence-electron chi connectivity index (χ0n) is 11.2. The smallest absolute Gasteiger partial charge is 0.227 e.